The Labute approximate surface area is 65.4 Å². The molecule has 0 radical (unpaired) electrons. The average molecular weight is 153 g/mol. The highest BCUT2D eigenvalue weighted by Gasteiger charge is 1.95. The van der Waals surface area contributed by atoms with E-state index in [0.29, 0.717) is 0 Å². The third kappa shape index (κ3) is 3.02. The molecule has 3 heteroatoms. The van der Waals surface area contributed by atoms with E-state index in [9.17, 15) is 0 Å². The number of aliphatic hydroxyl groups excluding tert-OH is 1. The van der Waals surface area contributed by atoms with E-state index in [2.05, 4.69) is 0 Å². The van der Waals surface area contributed by atoms with Crippen LogP contribution in [0.15, 0.2) is 30.3 Å². The van der Waals surface area contributed by atoms with E-state index in [1.165, 1.54) is 0 Å². The molecule has 1 aromatic carbocycles. The molecule has 0 amide bonds. The molecule has 0 fully saturated rings. The number of nitrogens with two attached hydrogens (primary N) is 1. The summed E-state index contributed by atoms with van der Waals surface area (Å²) in [5.41, 5.74) is 5.07. The van der Waals surface area contributed by atoms with E-state index < -0.39 is 6.23 Å². The zero-order valence-electron chi connectivity index (χ0n) is 6.10. The highest BCUT2D eigenvalue weighted by Crippen LogP contribution is 2.07. The minimum atomic E-state index is -0.907. The second-order valence-electron chi connectivity index (χ2n) is 2.19. The Kier molecular flexibility index (Phi) is 2.89. The van der Waals surface area contributed by atoms with Crippen LogP contribution < -0.4 is 10.5 Å². The van der Waals surface area contributed by atoms with Crippen molar-refractivity contribution in [3.05, 3.63) is 30.3 Å². The predicted octanol–water partition coefficient (Wildman–Crippen LogP) is 0.342. The standard InChI is InChI=1S/C8H11NO2/c9-8(10)6-11-7-4-2-1-3-5-7/h1-5,8,10H,6,9H2. The molecule has 11 heavy (non-hydrogen) atoms. The maximum absolute atomic E-state index is 8.67. The van der Waals surface area contributed by atoms with Gasteiger partial charge in [-0.1, -0.05) is 18.2 Å². The Morgan fingerprint density at radius 3 is 2.55 bits per heavy atom. The van der Waals surface area contributed by atoms with Gasteiger partial charge in [-0.15, -0.1) is 0 Å². The topological polar surface area (TPSA) is 55.5 Å². The lowest BCUT2D eigenvalue weighted by atomic mass is 10.3. The molecule has 0 aromatic heterocycles. The van der Waals surface area contributed by atoms with E-state index in [1.54, 1.807) is 0 Å². The fourth-order valence-corrected chi connectivity index (χ4v) is 0.698. The normalized spacial score (nSPS) is 12.5. The zero-order valence-corrected chi connectivity index (χ0v) is 6.10. The lowest BCUT2D eigenvalue weighted by Gasteiger charge is -2.06. The van der Waals surface area contributed by atoms with E-state index in [-0.39, 0.29) is 6.61 Å². The molecule has 1 atom stereocenters. The molecule has 1 rings (SSSR count). The van der Waals surface area contributed by atoms with Gasteiger partial charge in [0.25, 0.3) is 0 Å². The van der Waals surface area contributed by atoms with Gasteiger partial charge in [0.1, 0.15) is 18.6 Å². The number of ether oxygens (including phenoxy) is 1. The summed E-state index contributed by atoms with van der Waals surface area (Å²) in [6.07, 6.45) is -0.907. The second kappa shape index (κ2) is 3.95. The van der Waals surface area contributed by atoms with Crippen molar-refractivity contribution in [1.82, 2.24) is 0 Å². The Balaban J connectivity index is 2.39. The number of benzene rings is 1. The molecule has 0 bridgehead atoms. The van der Waals surface area contributed by atoms with E-state index in [4.69, 9.17) is 15.6 Å². The van der Waals surface area contributed by atoms with Gasteiger partial charge in [0.05, 0.1) is 0 Å². The van der Waals surface area contributed by atoms with E-state index in [0.717, 1.165) is 5.75 Å². The van der Waals surface area contributed by atoms with Gasteiger partial charge in [-0.3, -0.25) is 0 Å². The van der Waals surface area contributed by atoms with Gasteiger partial charge < -0.3 is 15.6 Å². The number of para-hydroxylation sites is 1. The lowest BCUT2D eigenvalue weighted by Crippen LogP contribution is -2.26. The average Bonchev–Trinajstić information content (AvgIpc) is 2.03. The monoisotopic (exact) mass is 153 g/mol. The van der Waals surface area contributed by atoms with Gasteiger partial charge in [0, 0.05) is 0 Å². The van der Waals surface area contributed by atoms with Crippen molar-refractivity contribution < 1.29 is 9.84 Å². The molecule has 0 aliphatic heterocycles. The fourth-order valence-electron chi connectivity index (χ4n) is 0.698. The van der Waals surface area contributed by atoms with Crippen LogP contribution in [-0.2, 0) is 0 Å². The third-order valence-electron chi connectivity index (χ3n) is 1.16. The Hall–Kier alpha value is -1.06. The summed E-state index contributed by atoms with van der Waals surface area (Å²) in [4.78, 5) is 0. The van der Waals surface area contributed by atoms with Gasteiger partial charge in [0.2, 0.25) is 0 Å². The Morgan fingerprint density at radius 1 is 1.36 bits per heavy atom. The summed E-state index contributed by atoms with van der Waals surface area (Å²) in [6.45, 7) is 0.129. The first-order valence-electron chi connectivity index (χ1n) is 3.40. The quantitative estimate of drug-likeness (QED) is 0.616. The van der Waals surface area contributed by atoms with Crippen LogP contribution in [-0.4, -0.2) is 17.9 Å². The smallest absolute Gasteiger partial charge is 0.136 e. The predicted molar refractivity (Wildman–Crippen MR) is 42.1 cm³/mol. The molecule has 1 aromatic rings. The Morgan fingerprint density at radius 2 is 2.00 bits per heavy atom. The molecule has 3 N–H and O–H groups in total. The number of aliphatic hydroxyl groups is 1. The molecular weight excluding hydrogens is 142 g/mol. The fraction of sp³-hybridized carbons (Fsp3) is 0.250. The third-order valence-corrected chi connectivity index (χ3v) is 1.16. The first kappa shape index (κ1) is 8.04. The number of hydrogen-bond acceptors (Lipinski definition) is 3. The van der Waals surface area contributed by atoms with Crippen molar-refractivity contribution in [2.75, 3.05) is 6.61 Å². The van der Waals surface area contributed by atoms with Crippen LogP contribution in [0, 0.1) is 0 Å². The molecule has 0 aliphatic rings. The highest BCUT2D eigenvalue weighted by molar-refractivity contribution is 5.20. The van der Waals surface area contributed by atoms with Crippen molar-refractivity contribution in [1.29, 1.82) is 0 Å². The van der Waals surface area contributed by atoms with Crippen molar-refractivity contribution >= 4 is 0 Å². The first-order chi connectivity index (χ1) is 5.29. The van der Waals surface area contributed by atoms with Crippen molar-refractivity contribution in [2.24, 2.45) is 5.73 Å². The molecule has 1 unspecified atom stereocenters. The molecular formula is C8H11NO2. The van der Waals surface area contributed by atoms with Crippen LogP contribution >= 0.6 is 0 Å². The van der Waals surface area contributed by atoms with Crippen molar-refractivity contribution in [2.45, 2.75) is 6.23 Å². The van der Waals surface area contributed by atoms with Crippen molar-refractivity contribution in [3.63, 3.8) is 0 Å². The maximum atomic E-state index is 8.67. The van der Waals surface area contributed by atoms with Gasteiger partial charge in [0.15, 0.2) is 0 Å². The molecule has 0 aliphatic carbocycles. The largest absolute Gasteiger partial charge is 0.489 e. The minimum Gasteiger partial charge on any atom is -0.489 e. The summed E-state index contributed by atoms with van der Waals surface area (Å²) >= 11 is 0. The van der Waals surface area contributed by atoms with Gasteiger partial charge in [-0.25, -0.2) is 0 Å². The molecule has 0 spiro atoms. The van der Waals surface area contributed by atoms with Gasteiger partial charge >= 0.3 is 0 Å². The molecule has 0 heterocycles. The van der Waals surface area contributed by atoms with Crippen molar-refractivity contribution in [3.8, 4) is 5.75 Å². The summed E-state index contributed by atoms with van der Waals surface area (Å²) in [6, 6.07) is 9.23. The van der Waals surface area contributed by atoms with Crippen LogP contribution in [0.3, 0.4) is 0 Å². The molecule has 3 nitrogen and oxygen atoms in total. The Bertz CT molecular complexity index is 199. The summed E-state index contributed by atoms with van der Waals surface area (Å²) < 4.78 is 5.09. The van der Waals surface area contributed by atoms with Crippen LogP contribution in [0.4, 0.5) is 0 Å². The van der Waals surface area contributed by atoms with Crippen LogP contribution in [0.1, 0.15) is 0 Å². The highest BCUT2D eigenvalue weighted by atomic mass is 16.5. The molecule has 60 valence electrons. The van der Waals surface area contributed by atoms with Crippen LogP contribution in [0.2, 0.25) is 0 Å². The first-order valence-corrected chi connectivity index (χ1v) is 3.40. The summed E-state index contributed by atoms with van der Waals surface area (Å²) in [5, 5.41) is 8.67. The van der Waals surface area contributed by atoms with Gasteiger partial charge in [-0.2, -0.15) is 0 Å². The summed E-state index contributed by atoms with van der Waals surface area (Å²) in [5.74, 6) is 0.719. The lowest BCUT2D eigenvalue weighted by molar-refractivity contribution is 0.113. The SMILES string of the molecule is NC(O)COc1ccccc1. The van der Waals surface area contributed by atoms with E-state index in [1.807, 2.05) is 30.3 Å². The molecule has 0 saturated carbocycles. The van der Waals surface area contributed by atoms with Crippen LogP contribution in [0.5, 0.6) is 5.75 Å². The van der Waals surface area contributed by atoms with E-state index >= 15 is 0 Å². The summed E-state index contributed by atoms with van der Waals surface area (Å²) in [7, 11) is 0. The van der Waals surface area contributed by atoms with Crippen LogP contribution in [0.25, 0.3) is 0 Å². The van der Waals surface area contributed by atoms with Gasteiger partial charge in [-0.05, 0) is 12.1 Å². The maximum Gasteiger partial charge on any atom is 0.136 e. The zero-order chi connectivity index (χ0) is 8.10. The minimum absolute atomic E-state index is 0.129. The molecule has 0 saturated heterocycles. The number of rotatable bonds is 3. The number of hydrogen-bond donors (Lipinski definition) is 2. The second-order valence-corrected chi connectivity index (χ2v) is 2.19.